The molecule has 1 N–H and O–H groups in total. The van der Waals surface area contributed by atoms with E-state index in [1.54, 1.807) is 13.2 Å². The van der Waals surface area contributed by atoms with Gasteiger partial charge in [0, 0.05) is 11.6 Å². The van der Waals surface area contributed by atoms with Gasteiger partial charge in [-0.05, 0) is 38.3 Å². The zero-order chi connectivity index (χ0) is 13.2. The molecule has 0 radical (unpaired) electrons. The molecule has 5 heteroatoms. The largest absolute Gasteiger partial charge is 0.495 e. The molecule has 1 atom stereocenters. The molecule has 0 aliphatic carbocycles. The molecule has 0 spiro atoms. The Hall–Kier alpha value is -1.13. The van der Waals surface area contributed by atoms with Crippen LogP contribution in [0.5, 0.6) is 17.2 Å². The average molecular weight is 284 g/mol. The monoisotopic (exact) mass is 283 g/mol. The van der Waals surface area contributed by atoms with E-state index < -0.39 is 0 Å². The Morgan fingerprint density at radius 1 is 1.47 bits per heavy atom. The lowest BCUT2D eigenvalue weighted by Crippen LogP contribution is -2.31. The highest BCUT2D eigenvalue weighted by molar-refractivity contribution is 6.32. The molecular formula is C14H18ClNO3. The maximum atomic E-state index is 6.25. The quantitative estimate of drug-likeness (QED) is 0.926. The third-order valence-corrected chi connectivity index (χ3v) is 4.04. The highest BCUT2D eigenvalue weighted by Gasteiger charge is 2.27. The molecular weight excluding hydrogens is 266 g/mol. The molecule has 0 aromatic heterocycles. The van der Waals surface area contributed by atoms with Gasteiger partial charge in [-0.25, -0.2) is 0 Å². The van der Waals surface area contributed by atoms with Crippen LogP contribution in [0.1, 0.15) is 18.4 Å². The van der Waals surface area contributed by atoms with Crippen molar-refractivity contribution in [3.05, 3.63) is 16.7 Å². The second kappa shape index (κ2) is 5.47. The molecule has 0 saturated carbocycles. The van der Waals surface area contributed by atoms with Crippen molar-refractivity contribution in [1.29, 1.82) is 0 Å². The smallest absolute Gasteiger partial charge is 0.231 e. The summed E-state index contributed by atoms with van der Waals surface area (Å²) in [5, 5.41) is 4.02. The van der Waals surface area contributed by atoms with E-state index in [1.807, 2.05) is 0 Å². The van der Waals surface area contributed by atoms with Crippen molar-refractivity contribution in [2.75, 3.05) is 27.0 Å². The molecule has 2 heterocycles. The topological polar surface area (TPSA) is 39.7 Å². The van der Waals surface area contributed by atoms with E-state index in [0.717, 1.165) is 42.3 Å². The highest BCUT2D eigenvalue weighted by atomic mass is 35.5. The van der Waals surface area contributed by atoms with Gasteiger partial charge >= 0.3 is 0 Å². The Balaban J connectivity index is 1.93. The van der Waals surface area contributed by atoms with Gasteiger partial charge in [0.2, 0.25) is 6.79 Å². The van der Waals surface area contributed by atoms with Crippen LogP contribution in [0.15, 0.2) is 6.07 Å². The van der Waals surface area contributed by atoms with Gasteiger partial charge in [0.15, 0.2) is 11.5 Å². The predicted molar refractivity (Wildman–Crippen MR) is 73.4 cm³/mol. The van der Waals surface area contributed by atoms with Crippen molar-refractivity contribution in [3.63, 3.8) is 0 Å². The Bertz CT molecular complexity index is 468. The lowest BCUT2D eigenvalue weighted by molar-refractivity contribution is 0.172. The molecule has 0 amide bonds. The van der Waals surface area contributed by atoms with Gasteiger partial charge in [-0.3, -0.25) is 0 Å². The van der Waals surface area contributed by atoms with Gasteiger partial charge in [0.25, 0.3) is 0 Å². The van der Waals surface area contributed by atoms with Crippen molar-refractivity contribution >= 4 is 11.6 Å². The van der Waals surface area contributed by atoms with Crippen LogP contribution in [0.3, 0.4) is 0 Å². The van der Waals surface area contributed by atoms with E-state index in [4.69, 9.17) is 25.8 Å². The number of rotatable bonds is 3. The number of benzene rings is 1. The Kier molecular flexibility index (Phi) is 3.71. The van der Waals surface area contributed by atoms with Crippen molar-refractivity contribution in [1.82, 2.24) is 5.32 Å². The number of hydrogen-bond acceptors (Lipinski definition) is 4. The molecule has 1 aromatic rings. The summed E-state index contributed by atoms with van der Waals surface area (Å²) in [6.07, 6.45) is 3.34. The molecule has 1 aromatic carbocycles. The van der Waals surface area contributed by atoms with Crippen molar-refractivity contribution in [3.8, 4) is 17.2 Å². The summed E-state index contributed by atoms with van der Waals surface area (Å²) in [5.74, 6) is 2.84. The summed E-state index contributed by atoms with van der Waals surface area (Å²) < 4.78 is 16.5. The van der Waals surface area contributed by atoms with E-state index >= 15 is 0 Å². The van der Waals surface area contributed by atoms with E-state index in [0.29, 0.717) is 10.9 Å². The summed E-state index contributed by atoms with van der Waals surface area (Å²) in [7, 11) is 1.64. The Morgan fingerprint density at radius 3 is 3.11 bits per heavy atom. The Labute approximate surface area is 118 Å². The Morgan fingerprint density at radius 2 is 2.37 bits per heavy atom. The summed E-state index contributed by atoms with van der Waals surface area (Å²) in [5.41, 5.74) is 1.04. The second-order valence-electron chi connectivity index (χ2n) is 5.02. The molecule has 0 bridgehead atoms. The third kappa shape index (κ3) is 2.47. The number of halogens is 1. The molecule has 2 aliphatic heterocycles. The van der Waals surface area contributed by atoms with E-state index in [2.05, 4.69) is 5.32 Å². The van der Waals surface area contributed by atoms with E-state index in [1.165, 1.54) is 12.8 Å². The van der Waals surface area contributed by atoms with Crippen LogP contribution in [-0.2, 0) is 6.42 Å². The lowest BCUT2D eigenvalue weighted by Gasteiger charge is -2.24. The maximum Gasteiger partial charge on any atom is 0.231 e. The van der Waals surface area contributed by atoms with Crippen LogP contribution in [0.25, 0.3) is 0 Å². The van der Waals surface area contributed by atoms with E-state index in [-0.39, 0.29) is 6.79 Å². The SMILES string of the molecule is COc1c(Cl)cc2c(c1CC1CCCNC1)OCO2. The summed E-state index contributed by atoms with van der Waals surface area (Å²) in [6, 6.07) is 1.77. The lowest BCUT2D eigenvalue weighted by atomic mass is 9.91. The van der Waals surface area contributed by atoms with Crippen LogP contribution < -0.4 is 19.5 Å². The second-order valence-corrected chi connectivity index (χ2v) is 5.43. The minimum atomic E-state index is 0.259. The molecule has 2 aliphatic rings. The predicted octanol–water partition coefficient (Wildman–Crippen LogP) is 2.62. The first-order valence-electron chi connectivity index (χ1n) is 6.65. The first-order valence-corrected chi connectivity index (χ1v) is 7.03. The molecule has 3 rings (SSSR count). The number of nitrogens with one attached hydrogen (secondary N) is 1. The standard InChI is InChI=1S/C14H18ClNO3/c1-17-13-10(5-9-3-2-4-16-7-9)14-12(6-11(13)15)18-8-19-14/h6,9,16H,2-5,7-8H2,1H3. The number of hydrogen-bond donors (Lipinski definition) is 1. The first kappa shape index (κ1) is 12.9. The van der Waals surface area contributed by atoms with Gasteiger partial charge in [-0.2, -0.15) is 0 Å². The highest BCUT2D eigenvalue weighted by Crippen LogP contribution is 2.46. The molecule has 1 saturated heterocycles. The van der Waals surface area contributed by atoms with Crippen molar-refractivity contribution < 1.29 is 14.2 Å². The molecule has 1 fully saturated rings. The fraction of sp³-hybridized carbons (Fsp3) is 0.571. The summed E-state index contributed by atoms with van der Waals surface area (Å²) in [4.78, 5) is 0. The third-order valence-electron chi connectivity index (χ3n) is 3.76. The zero-order valence-corrected chi connectivity index (χ0v) is 11.8. The van der Waals surface area contributed by atoms with Crippen LogP contribution in [0.4, 0.5) is 0 Å². The molecule has 1 unspecified atom stereocenters. The fourth-order valence-electron chi connectivity index (χ4n) is 2.85. The number of methoxy groups -OCH3 is 1. The van der Waals surface area contributed by atoms with Gasteiger partial charge < -0.3 is 19.5 Å². The number of piperidine rings is 1. The minimum Gasteiger partial charge on any atom is -0.495 e. The van der Waals surface area contributed by atoms with Crippen molar-refractivity contribution in [2.24, 2.45) is 5.92 Å². The molecule has 4 nitrogen and oxygen atoms in total. The van der Waals surface area contributed by atoms with Crippen LogP contribution in [-0.4, -0.2) is 27.0 Å². The van der Waals surface area contributed by atoms with Crippen LogP contribution >= 0.6 is 11.6 Å². The van der Waals surface area contributed by atoms with Gasteiger partial charge in [0.05, 0.1) is 12.1 Å². The number of ether oxygens (including phenoxy) is 3. The minimum absolute atomic E-state index is 0.259. The first-order chi connectivity index (χ1) is 9.29. The summed E-state index contributed by atoms with van der Waals surface area (Å²) in [6.45, 7) is 2.40. The van der Waals surface area contributed by atoms with Gasteiger partial charge in [-0.15, -0.1) is 0 Å². The molecule has 19 heavy (non-hydrogen) atoms. The zero-order valence-electron chi connectivity index (χ0n) is 11.0. The molecule has 104 valence electrons. The summed E-state index contributed by atoms with van der Waals surface area (Å²) >= 11 is 6.25. The van der Waals surface area contributed by atoms with Crippen molar-refractivity contribution in [2.45, 2.75) is 19.3 Å². The maximum absolute atomic E-state index is 6.25. The van der Waals surface area contributed by atoms with Crippen LogP contribution in [0, 0.1) is 5.92 Å². The van der Waals surface area contributed by atoms with E-state index in [9.17, 15) is 0 Å². The average Bonchev–Trinajstić information content (AvgIpc) is 2.88. The fourth-order valence-corrected chi connectivity index (χ4v) is 3.14. The van der Waals surface area contributed by atoms with Crippen LogP contribution in [0.2, 0.25) is 5.02 Å². The number of fused-ring (bicyclic) bond motifs is 1. The van der Waals surface area contributed by atoms with Gasteiger partial charge in [-0.1, -0.05) is 11.6 Å². The normalized spacial score (nSPS) is 21.5. The van der Waals surface area contributed by atoms with Gasteiger partial charge in [0.1, 0.15) is 5.75 Å².